The molecule has 0 atom stereocenters. The van der Waals surface area contributed by atoms with Crippen LogP contribution in [0.4, 0.5) is 18.9 Å². The monoisotopic (exact) mass is 529 g/mol. The molecule has 1 amide bonds. The summed E-state index contributed by atoms with van der Waals surface area (Å²) in [5.74, 6) is 0.375. The van der Waals surface area contributed by atoms with E-state index < -0.39 is 11.7 Å². The van der Waals surface area contributed by atoms with E-state index in [1.165, 1.54) is 16.9 Å². The van der Waals surface area contributed by atoms with Gasteiger partial charge in [-0.2, -0.15) is 18.3 Å². The van der Waals surface area contributed by atoms with Crippen molar-refractivity contribution in [1.82, 2.24) is 9.78 Å². The molecule has 0 spiro atoms. The fourth-order valence-corrected chi connectivity index (χ4v) is 3.65. The molecule has 0 unspecified atom stereocenters. The number of alkyl halides is 3. The summed E-state index contributed by atoms with van der Waals surface area (Å²) < 4.78 is 46.9. The molecule has 0 bridgehead atoms. The Hall–Kier alpha value is -3.59. The summed E-state index contributed by atoms with van der Waals surface area (Å²) in [4.78, 5) is 12.7. The van der Waals surface area contributed by atoms with Gasteiger partial charge in [0.15, 0.2) is 0 Å². The molecule has 1 N–H and O–H groups in total. The number of halogens is 4. The molecule has 3 aromatic carbocycles. The van der Waals surface area contributed by atoms with Crippen LogP contribution in [0.25, 0.3) is 0 Å². The minimum atomic E-state index is -4.41. The molecule has 0 saturated carbocycles. The van der Waals surface area contributed by atoms with Gasteiger partial charge in [-0.15, -0.1) is 0 Å². The lowest BCUT2D eigenvalue weighted by Gasteiger charge is -2.09. The maximum absolute atomic E-state index is 12.9. The van der Waals surface area contributed by atoms with Gasteiger partial charge in [-0.05, 0) is 53.6 Å². The van der Waals surface area contributed by atoms with Gasteiger partial charge in [0.25, 0.3) is 5.91 Å². The highest BCUT2D eigenvalue weighted by Crippen LogP contribution is 2.29. The number of carbonyl (C=O) groups excluding carboxylic acids is 1. The lowest BCUT2D eigenvalue weighted by molar-refractivity contribution is -0.137. The summed E-state index contributed by atoms with van der Waals surface area (Å²) in [6, 6.07) is 19.6. The SMILES string of the molecule is O=C(Nc1cnn(Cc2cccc(C(F)(F)F)c2)c1)c1cccc(COc2cccc(Br)c2)c1. The minimum absolute atomic E-state index is 0.141. The average Bonchev–Trinajstić information content (AvgIpc) is 3.24. The molecule has 0 saturated heterocycles. The molecule has 9 heteroatoms. The van der Waals surface area contributed by atoms with Crippen LogP contribution in [0.1, 0.15) is 27.0 Å². The minimum Gasteiger partial charge on any atom is -0.489 e. The summed E-state index contributed by atoms with van der Waals surface area (Å²) in [5, 5.41) is 6.89. The molecule has 0 fully saturated rings. The van der Waals surface area contributed by atoms with Crippen LogP contribution in [0, 0.1) is 0 Å². The largest absolute Gasteiger partial charge is 0.489 e. The maximum atomic E-state index is 12.9. The smallest absolute Gasteiger partial charge is 0.416 e. The number of carbonyl (C=O) groups is 1. The lowest BCUT2D eigenvalue weighted by atomic mass is 10.1. The van der Waals surface area contributed by atoms with Crippen molar-refractivity contribution >= 4 is 27.5 Å². The van der Waals surface area contributed by atoms with Crippen molar-refractivity contribution in [3.8, 4) is 5.75 Å². The zero-order valence-corrected chi connectivity index (χ0v) is 19.3. The number of ether oxygens (including phenoxy) is 1. The van der Waals surface area contributed by atoms with E-state index >= 15 is 0 Å². The molecule has 0 aliphatic carbocycles. The van der Waals surface area contributed by atoms with Crippen LogP contribution in [0.3, 0.4) is 0 Å². The highest BCUT2D eigenvalue weighted by Gasteiger charge is 2.30. The zero-order chi connectivity index (χ0) is 24.1. The molecule has 0 radical (unpaired) electrons. The number of rotatable bonds is 7. The standard InChI is InChI=1S/C25H19BrF3N3O2/c26-21-8-3-9-23(12-21)34-16-18-5-1-6-19(10-18)24(33)31-22-13-30-32(15-22)14-17-4-2-7-20(11-17)25(27,28)29/h1-13,15H,14,16H2,(H,31,33). The molecule has 4 rings (SSSR count). The molecular formula is C25H19BrF3N3O2. The van der Waals surface area contributed by atoms with Crippen molar-refractivity contribution in [2.45, 2.75) is 19.3 Å². The van der Waals surface area contributed by atoms with Crippen molar-refractivity contribution in [2.75, 3.05) is 5.32 Å². The van der Waals surface area contributed by atoms with Gasteiger partial charge in [0, 0.05) is 16.2 Å². The molecule has 1 heterocycles. The van der Waals surface area contributed by atoms with E-state index in [-0.39, 0.29) is 12.5 Å². The Bertz CT molecular complexity index is 1300. The molecule has 0 aliphatic heterocycles. The Labute approximate surface area is 202 Å². The number of anilines is 1. The van der Waals surface area contributed by atoms with Crippen LogP contribution in [-0.4, -0.2) is 15.7 Å². The van der Waals surface area contributed by atoms with Gasteiger partial charge in [-0.3, -0.25) is 9.48 Å². The summed E-state index contributed by atoms with van der Waals surface area (Å²) in [5.41, 5.74) is 1.45. The molecule has 1 aromatic heterocycles. The predicted molar refractivity (Wildman–Crippen MR) is 126 cm³/mol. The lowest BCUT2D eigenvalue weighted by Crippen LogP contribution is -2.12. The Morgan fingerprint density at radius 3 is 2.56 bits per heavy atom. The van der Waals surface area contributed by atoms with Gasteiger partial charge >= 0.3 is 6.18 Å². The van der Waals surface area contributed by atoms with Gasteiger partial charge in [-0.25, -0.2) is 0 Å². The van der Waals surface area contributed by atoms with Crippen LogP contribution in [0.5, 0.6) is 5.75 Å². The van der Waals surface area contributed by atoms with Gasteiger partial charge in [0.1, 0.15) is 12.4 Å². The number of hydrogen-bond acceptors (Lipinski definition) is 3. The maximum Gasteiger partial charge on any atom is 0.416 e. The third kappa shape index (κ3) is 6.26. The van der Waals surface area contributed by atoms with Crippen LogP contribution in [0.15, 0.2) is 89.7 Å². The van der Waals surface area contributed by atoms with E-state index in [0.717, 1.165) is 22.2 Å². The summed E-state index contributed by atoms with van der Waals surface area (Å²) in [7, 11) is 0. The first kappa shape index (κ1) is 23.6. The number of nitrogens with zero attached hydrogens (tertiary/aromatic N) is 2. The predicted octanol–water partition coefficient (Wildman–Crippen LogP) is 6.54. The quantitative estimate of drug-likeness (QED) is 0.295. The Kier molecular flexibility index (Phi) is 7.02. The first-order valence-electron chi connectivity index (χ1n) is 10.2. The number of hydrogen-bond donors (Lipinski definition) is 1. The summed E-state index contributed by atoms with van der Waals surface area (Å²) in [6.45, 7) is 0.439. The highest BCUT2D eigenvalue weighted by atomic mass is 79.9. The number of amides is 1. The van der Waals surface area contributed by atoms with Crippen LogP contribution < -0.4 is 10.1 Å². The molecule has 0 aliphatic rings. The summed E-state index contributed by atoms with van der Waals surface area (Å²) in [6.07, 6.45) is -1.39. The fraction of sp³-hybridized carbons (Fsp3) is 0.120. The highest BCUT2D eigenvalue weighted by molar-refractivity contribution is 9.10. The van der Waals surface area contributed by atoms with Crippen molar-refractivity contribution < 1.29 is 22.7 Å². The van der Waals surface area contributed by atoms with E-state index in [0.29, 0.717) is 29.2 Å². The average molecular weight is 530 g/mol. The number of benzene rings is 3. The molecule has 5 nitrogen and oxygen atoms in total. The fourth-order valence-electron chi connectivity index (χ4n) is 3.28. The Morgan fingerprint density at radius 1 is 1.00 bits per heavy atom. The third-order valence-electron chi connectivity index (χ3n) is 4.88. The van der Waals surface area contributed by atoms with E-state index in [1.807, 2.05) is 30.3 Å². The van der Waals surface area contributed by atoms with Gasteiger partial charge < -0.3 is 10.1 Å². The second-order valence-corrected chi connectivity index (χ2v) is 8.44. The van der Waals surface area contributed by atoms with Crippen LogP contribution in [0.2, 0.25) is 0 Å². The van der Waals surface area contributed by atoms with E-state index in [9.17, 15) is 18.0 Å². The zero-order valence-electron chi connectivity index (χ0n) is 17.7. The van der Waals surface area contributed by atoms with Crippen molar-refractivity contribution in [1.29, 1.82) is 0 Å². The second kappa shape index (κ2) is 10.1. The van der Waals surface area contributed by atoms with Crippen molar-refractivity contribution in [3.05, 3.63) is 112 Å². The first-order chi connectivity index (χ1) is 16.3. The van der Waals surface area contributed by atoms with Gasteiger partial charge in [0.05, 0.1) is 24.0 Å². The number of aromatic nitrogens is 2. The number of nitrogens with one attached hydrogen (secondary N) is 1. The van der Waals surface area contributed by atoms with Crippen LogP contribution >= 0.6 is 15.9 Å². The third-order valence-corrected chi connectivity index (χ3v) is 5.37. The summed E-state index contributed by atoms with van der Waals surface area (Å²) >= 11 is 3.40. The van der Waals surface area contributed by atoms with Crippen molar-refractivity contribution in [3.63, 3.8) is 0 Å². The van der Waals surface area contributed by atoms with Crippen LogP contribution in [-0.2, 0) is 19.3 Å². The van der Waals surface area contributed by atoms with Gasteiger partial charge in [-0.1, -0.05) is 46.3 Å². The topological polar surface area (TPSA) is 56.2 Å². The Balaban J connectivity index is 1.38. The molecule has 34 heavy (non-hydrogen) atoms. The van der Waals surface area contributed by atoms with E-state index in [4.69, 9.17) is 4.74 Å². The van der Waals surface area contributed by atoms with E-state index in [2.05, 4.69) is 26.3 Å². The second-order valence-electron chi connectivity index (χ2n) is 7.53. The molecule has 174 valence electrons. The van der Waals surface area contributed by atoms with Gasteiger partial charge in [0.2, 0.25) is 0 Å². The molecular weight excluding hydrogens is 511 g/mol. The normalized spacial score (nSPS) is 11.3. The Morgan fingerprint density at radius 2 is 1.76 bits per heavy atom. The van der Waals surface area contributed by atoms with E-state index in [1.54, 1.807) is 30.5 Å². The first-order valence-corrected chi connectivity index (χ1v) is 11.0. The van der Waals surface area contributed by atoms with Crippen molar-refractivity contribution in [2.24, 2.45) is 0 Å². The molecule has 4 aromatic rings.